The Morgan fingerprint density at radius 3 is 2.45 bits per heavy atom. The molecule has 0 aliphatic rings. The van der Waals surface area contributed by atoms with E-state index in [-0.39, 0.29) is 10.6 Å². The van der Waals surface area contributed by atoms with Gasteiger partial charge in [-0.25, -0.2) is 13.1 Å². The molecule has 0 saturated carbocycles. The second-order valence-corrected chi connectivity index (χ2v) is 7.00. The lowest BCUT2D eigenvalue weighted by Crippen LogP contribution is -2.48. The van der Waals surface area contributed by atoms with Gasteiger partial charge in [-0.1, -0.05) is 36.4 Å². The quantitative estimate of drug-likeness (QED) is 0.836. The molecule has 20 heavy (non-hydrogen) atoms. The van der Waals surface area contributed by atoms with Crippen molar-refractivity contribution in [3.05, 3.63) is 53.4 Å². The van der Waals surface area contributed by atoms with Crippen molar-refractivity contribution in [1.29, 1.82) is 0 Å². The van der Waals surface area contributed by atoms with E-state index < -0.39 is 22.0 Å². The molecule has 7 heteroatoms. The average molecular weight is 310 g/mol. The summed E-state index contributed by atoms with van der Waals surface area (Å²) in [5.74, 6) is -1.45. The Hall–Kier alpha value is -1.70. The molecule has 0 radical (unpaired) electrons. The van der Waals surface area contributed by atoms with Gasteiger partial charge in [0.25, 0.3) is 10.0 Å². The highest BCUT2D eigenvalue weighted by atomic mass is 32.2. The largest absolute Gasteiger partial charge is 0.548 e. The maximum atomic E-state index is 12.0. The van der Waals surface area contributed by atoms with Gasteiger partial charge in [0.15, 0.2) is 0 Å². The van der Waals surface area contributed by atoms with Gasteiger partial charge in [0.05, 0.1) is 12.0 Å². The van der Waals surface area contributed by atoms with E-state index in [4.69, 9.17) is 0 Å². The highest BCUT2D eigenvalue weighted by Crippen LogP contribution is 2.16. The summed E-state index contributed by atoms with van der Waals surface area (Å²) >= 11 is 1.03. The number of nitrogens with one attached hydrogen (secondary N) is 1. The van der Waals surface area contributed by atoms with E-state index in [9.17, 15) is 18.3 Å². The maximum absolute atomic E-state index is 12.0. The number of hydrogen-bond donors (Lipinski definition) is 1. The van der Waals surface area contributed by atoms with Crippen molar-refractivity contribution in [3.63, 3.8) is 0 Å². The summed E-state index contributed by atoms with van der Waals surface area (Å²) in [6, 6.07) is 10.5. The minimum absolute atomic E-state index is 0.0355. The molecule has 1 N–H and O–H groups in total. The normalized spacial score (nSPS) is 13.0. The van der Waals surface area contributed by atoms with Crippen molar-refractivity contribution in [2.45, 2.75) is 16.7 Å². The Morgan fingerprint density at radius 1 is 1.20 bits per heavy atom. The van der Waals surface area contributed by atoms with E-state index in [0.717, 1.165) is 16.9 Å². The molecule has 1 aromatic heterocycles. The van der Waals surface area contributed by atoms with Gasteiger partial charge in [0.1, 0.15) is 4.21 Å². The first-order valence-corrected chi connectivity index (χ1v) is 8.16. The lowest BCUT2D eigenvalue weighted by molar-refractivity contribution is -0.307. The average Bonchev–Trinajstić information content (AvgIpc) is 2.93. The molecular formula is C13H12NO4S2-. The molecule has 1 atom stereocenters. The smallest absolute Gasteiger partial charge is 0.250 e. The SMILES string of the molecule is O=C([O-])[C@H](Cc1ccccc1)NS(=O)(=O)c1cccs1. The molecular weight excluding hydrogens is 298 g/mol. The second kappa shape index (κ2) is 6.17. The minimum Gasteiger partial charge on any atom is -0.548 e. The lowest BCUT2D eigenvalue weighted by Gasteiger charge is -2.19. The highest BCUT2D eigenvalue weighted by Gasteiger charge is 2.21. The van der Waals surface area contributed by atoms with E-state index in [0.29, 0.717) is 0 Å². The molecule has 0 spiro atoms. The van der Waals surface area contributed by atoms with Gasteiger partial charge in [0.2, 0.25) is 0 Å². The first kappa shape index (κ1) is 14.7. The van der Waals surface area contributed by atoms with E-state index in [1.165, 1.54) is 6.07 Å². The first-order valence-electron chi connectivity index (χ1n) is 5.79. The summed E-state index contributed by atoms with van der Waals surface area (Å²) in [5, 5.41) is 12.7. The van der Waals surface area contributed by atoms with Gasteiger partial charge in [-0.15, -0.1) is 11.3 Å². The maximum Gasteiger partial charge on any atom is 0.250 e. The molecule has 0 saturated heterocycles. The molecule has 2 aromatic rings. The molecule has 0 bridgehead atoms. The van der Waals surface area contributed by atoms with E-state index >= 15 is 0 Å². The summed E-state index contributed by atoms with van der Waals surface area (Å²) in [6.45, 7) is 0. The fourth-order valence-corrected chi connectivity index (χ4v) is 3.88. The van der Waals surface area contributed by atoms with Crippen LogP contribution in [0.1, 0.15) is 5.56 Å². The molecule has 0 fully saturated rings. The fraction of sp³-hybridized carbons (Fsp3) is 0.154. The van der Waals surface area contributed by atoms with Crippen LogP contribution in [0.15, 0.2) is 52.1 Å². The summed E-state index contributed by atoms with van der Waals surface area (Å²) in [5.41, 5.74) is 0.718. The van der Waals surface area contributed by atoms with Crippen LogP contribution in [0.4, 0.5) is 0 Å². The zero-order valence-electron chi connectivity index (χ0n) is 10.4. The molecule has 5 nitrogen and oxygen atoms in total. The summed E-state index contributed by atoms with van der Waals surface area (Å²) < 4.78 is 26.3. The number of carbonyl (C=O) groups is 1. The zero-order valence-corrected chi connectivity index (χ0v) is 12.0. The third-order valence-electron chi connectivity index (χ3n) is 2.62. The highest BCUT2D eigenvalue weighted by molar-refractivity contribution is 7.91. The van der Waals surface area contributed by atoms with Crippen LogP contribution < -0.4 is 9.83 Å². The Balaban J connectivity index is 2.17. The van der Waals surface area contributed by atoms with Crippen LogP contribution in [-0.4, -0.2) is 20.4 Å². The molecule has 0 aliphatic carbocycles. The third-order valence-corrected chi connectivity index (χ3v) is 5.49. The number of carbonyl (C=O) groups excluding carboxylic acids is 1. The van der Waals surface area contributed by atoms with Gasteiger partial charge in [-0.3, -0.25) is 0 Å². The van der Waals surface area contributed by atoms with Crippen molar-refractivity contribution in [2.24, 2.45) is 0 Å². The van der Waals surface area contributed by atoms with Crippen molar-refractivity contribution >= 4 is 27.3 Å². The molecule has 106 valence electrons. The van der Waals surface area contributed by atoms with E-state index in [1.807, 2.05) is 0 Å². The molecule has 0 amide bonds. The molecule has 0 unspecified atom stereocenters. The Kier molecular flexibility index (Phi) is 4.53. The van der Waals surface area contributed by atoms with Crippen LogP contribution >= 0.6 is 11.3 Å². The van der Waals surface area contributed by atoms with Crippen LogP contribution in [-0.2, 0) is 21.2 Å². The van der Waals surface area contributed by atoms with Crippen LogP contribution in [0.3, 0.4) is 0 Å². The predicted molar refractivity (Wildman–Crippen MR) is 73.6 cm³/mol. The van der Waals surface area contributed by atoms with Crippen LogP contribution in [0.5, 0.6) is 0 Å². The summed E-state index contributed by atoms with van der Waals surface area (Å²) in [7, 11) is -3.83. The Morgan fingerprint density at radius 2 is 1.90 bits per heavy atom. The van der Waals surface area contributed by atoms with E-state index in [1.54, 1.807) is 41.8 Å². The van der Waals surface area contributed by atoms with Crippen molar-refractivity contribution in [1.82, 2.24) is 4.72 Å². The molecule has 1 aromatic carbocycles. The topological polar surface area (TPSA) is 86.3 Å². The van der Waals surface area contributed by atoms with E-state index in [2.05, 4.69) is 4.72 Å². The van der Waals surface area contributed by atoms with Crippen molar-refractivity contribution in [2.75, 3.05) is 0 Å². The number of hydrogen-bond acceptors (Lipinski definition) is 5. The number of sulfonamides is 1. The number of thiophene rings is 1. The van der Waals surface area contributed by atoms with Crippen LogP contribution in [0.25, 0.3) is 0 Å². The van der Waals surface area contributed by atoms with Gasteiger partial charge in [-0.05, 0) is 23.4 Å². The molecule has 0 aliphatic heterocycles. The van der Waals surface area contributed by atoms with Gasteiger partial charge >= 0.3 is 0 Å². The van der Waals surface area contributed by atoms with Gasteiger partial charge < -0.3 is 9.90 Å². The number of carboxylic acid groups (broad SMARTS) is 1. The zero-order chi connectivity index (χ0) is 14.6. The number of rotatable bonds is 6. The number of carboxylic acids is 1. The van der Waals surface area contributed by atoms with Crippen molar-refractivity contribution < 1.29 is 18.3 Å². The summed E-state index contributed by atoms with van der Waals surface area (Å²) in [4.78, 5) is 11.1. The lowest BCUT2D eigenvalue weighted by atomic mass is 10.1. The predicted octanol–water partition coefficient (Wildman–Crippen LogP) is 0.388. The fourth-order valence-electron chi connectivity index (χ4n) is 1.68. The standard InChI is InChI=1S/C13H13NO4S2/c15-13(16)11(9-10-5-2-1-3-6-10)14-20(17,18)12-7-4-8-19-12/h1-8,11,14H,9H2,(H,15,16)/p-1/t11-/m0/s1. The number of benzene rings is 1. The third kappa shape index (κ3) is 3.66. The first-order chi connectivity index (χ1) is 9.49. The Labute approximate surface area is 120 Å². The van der Waals surface area contributed by atoms with Crippen molar-refractivity contribution in [3.8, 4) is 0 Å². The molecule has 2 rings (SSSR count). The number of aliphatic carboxylic acids is 1. The monoisotopic (exact) mass is 310 g/mol. The molecule has 1 heterocycles. The summed E-state index contributed by atoms with van der Waals surface area (Å²) in [6.07, 6.45) is 0.0355. The van der Waals surface area contributed by atoms with Crippen LogP contribution in [0.2, 0.25) is 0 Å². The minimum atomic E-state index is -3.83. The van der Waals surface area contributed by atoms with Crippen LogP contribution in [0, 0.1) is 0 Å². The van der Waals surface area contributed by atoms with Gasteiger partial charge in [0, 0.05) is 0 Å². The van der Waals surface area contributed by atoms with Gasteiger partial charge in [-0.2, -0.15) is 0 Å². The second-order valence-electron chi connectivity index (χ2n) is 4.11. The Bertz CT molecular complexity index is 666.